The minimum absolute atomic E-state index is 1.11. The van der Waals surface area contributed by atoms with E-state index in [-0.39, 0.29) is 0 Å². The summed E-state index contributed by atoms with van der Waals surface area (Å²) in [5.74, 6) is 1.49. The zero-order valence-corrected chi connectivity index (χ0v) is 5.41. The van der Waals surface area contributed by atoms with Crippen molar-refractivity contribution in [3.05, 3.63) is 5.92 Å². The highest BCUT2D eigenvalue weighted by atomic mass is 14.8. The monoisotopic (exact) mass is 100 g/mol. The van der Waals surface area contributed by atoms with Gasteiger partial charge in [-0.05, 0) is 25.9 Å². The largest absolute Gasteiger partial charge is 0.320 e. The van der Waals surface area contributed by atoms with Crippen LogP contribution in [-0.4, -0.2) is 13.6 Å². The Labute approximate surface area is 46.1 Å². The summed E-state index contributed by atoms with van der Waals surface area (Å²) in [4.78, 5) is 0. The molecule has 0 fully saturated rings. The van der Waals surface area contributed by atoms with Gasteiger partial charge in [0.2, 0.25) is 0 Å². The van der Waals surface area contributed by atoms with E-state index in [1.165, 1.54) is 12.3 Å². The molecule has 1 nitrogen and oxygen atoms in total. The predicted molar refractivity (Wildman–Crippen MR) is 33.1 cm³/mol. The number of hydrogen-bond donors (Lipinski definition) is 1. The summed E-state index contributed by atoms with van der Waals surface area (Å²) in [5, 5.41) is 3.08. The van der Waals surface area contributed by atoms with Crippen molar-refractivity contribution < 1.29 is 0 Å². The Balaban J connectivity index is 2.68. The lowest BCUT2D eigenvalue weighted by Crippen LogP contribution is -2.08. The fraction of sp³-hybridized carbons (Fsp3) is 0.833. The molecule has 0 saturated carbocycles. The van der Waals surface area contributed by atoms with Crippen LogP contribution in [0.4, 0.5) is 0 Å². The molecule has 0 amide bonds. The molecule has 7 heavy (non-hydrogen) atoms. The maximum absolute atomic E-state index is 3.08. The summed E-state index contributed by atoms with van der Waals surface area (Å²) in [6.07, 6.45) is 1.20. The van der Waals surface area contributed by atoms with Crippen molar-refractivity contribution in [2.75, 3.05) is 13.6 Å². The summed E-state index contributed by atoms with van der Waals surface area (Å²) in [6.45, 7) is 5.41. The van der Waals surface area contributed by atoms with E-state index in [0.29, 0.717) is 0 Å². The Bertz CT molecular complexity index is 33.2. The number of rotatable bonds is 3. The third kappa shape index (κ3) is 5.96. The second-order valence-corrected chi connectivity index (χ2v) is 2.06. The van der Waals surface area contributed by atoms with Crippen molar-refractivity contribution in [2.24, 2.45) is 0 Å². The van der Waals surface area contributed by atoms with Crippen molar-refractivity contribution in [2.45, 2.75) is 20.3 Å². The molecular weight excluding hydrogens is 86.1 g/mol. The van der Waals surface area contributed by atoms with E-state index in [9.17, 15) is 0 Å². The summed E-state index contributed by atoms with van der Waals surface area (Å²) in [5.41, 5.74) is 0. The maximum Gasteiger partial charge on any atom is -0.00466 e. The molecule has 1 N–H and O–H groups in total. The highest BCUT2D eigenvalue weighted by Crippen LogP contribution is 1.98. The van der Waals surface area contributed by atoms with E-state index in [4.69, 9.17) is 0 Å². The lowest BCUT2D eigenvalue weighted by Gasteiger charge is -1.99. The standard InChI is InChI=1S/C6H14N/c1-6(2)4-5-7-3/h7H,4-5H2,1-3H3. The lowest BCUT2D eigenvalue weighted by molar-refractivity contribution is 0.735. The van der Waals surface area contributed by atoms with Gasteiger partial charge in [-0.3, -0.25) is 0 Å². The molecule has 0 heterocycles. The van der Waals surface area contributed by atoms with Crippen molar-refractivity contribution in [1.29, 1.82) is 0 Å². The van der Waals surface area contributed by atoms with Crippen LogP contribution < -0.4 is 5.32 Å². The molecule has 0 aromatic rings. The Morgan fingerprint density at radius 2 is 2.00 bits per heavy atom. The van der Waals surface area contributed by atoms with E-state index in [0.717, 1.165) is 6.54 Å². The molecule has 0 unspecified atom stereocenters. The molecule has 0 aliphatic heterocycles. The lowest BCUT2D eigenvalue weighted by atomic mass is 10.1. The zero-order valence-electron chi connectivity index (χ0n) is 5.41. The Hall–Kier alpha value is -0.0400. The van der Waals surface area contributed by atoms with Gasteiger partial charge in [0, 0.05) is 0 Å². The molecule has 43 valence electrons. The molecule has 0 atom stereocenters. The maximum atomic E-state index is 3.08. The number of hydrogen-bond acceptors (Lipinski definition) is 1. The van der Waals surface area contributed by atoms with Gasteiger partial charge in [0.1, 0.15) is 0 Å². The van der Waals surface area contributed by atoms with Crippen molar-refractivity contribution in [1.82, 2.24) is 5.32 Å². The molecule has 1 heteroatoms. The molecular formula is C6H14N. The smallest absolute Gasteiger partial charge is 0.00466 e. The minimum Gasteiger partial charge on any atom is -0.320 e. The van der Waals surface area contributed by atoms with Gasteiger partial charge in [0.15, 0.2) is 0 Å². The van der Waals surface area contributed by atoms with Crippen molar-refractivity contribution in [3.63, 3.8) is 0 Å². The topological polar surface area (TPSA) is 12.0 Å². The summed E-state index contributed by atoms with van der Waals surface area (Å²) in [6, 6.07) is 0. The van der Waals surface area contributed by atoms with Gasteiger partial charge in [-0.15, -0.1) is 0 Å². The van der Waals surface area contributed by atoms with Crippen molar-refractivity contribution in [3.8, 4) is 0 Å². The second kappa shape index (κ2) is 4.13. The van der Waals surface area contributed by atoms with Crippen molar-refractivity contribution >= 4 is 0 Å². The molecule has 0 aromatic carbocycles. The van der Waals surface area contributed by atoms with Gasteiger partial charge >= 0.3 is 0 Å². The first kappa shape index (κ1) is 6.96. The summed E-state index contributed by atoms with van der Waals surface area (Å²) < 4.78 is 0. The SMILES string of the molecule is CNCC[C](C)C. The van der Waals surface area contributed by atoms with Crippen LogP contribution in [0.25, 0.3) is 0 Å². The van der Waals surface area contributed by atoms with Crippen LogP contribution in [0.2, 0.25) is 0 Å². The van der Waals surface area contributed by atoms with Gasteiger partial charge in [-0.2, -0.15) is 0 Å². The molecule has 0 spiro atoms. The van der Waals surface area contributed by atoms with E-state index in [2.05, 4.69) is 19.2 Å². The van der Waals surface area contributed by atoms with Gasteiger partial charge in [0.25, 0.3) is 0 Å². The summed E-state index contributed by atoms with van der Waals surface area (Å²) >= 11 is 0. The predicted octanol–water partition coefficient (Wildman–Crippen LogP) is 1.21. The van der Waals surface area contributed by atoms with Gasteiger partial charge in [-0.1, -0.05) is 13.8 Å². The highest BCUT2D eigenvalue weighted by molar-refractivity contribution is 4.76. The molecule has 0 aliphatic carbocycles. The first-order chi connectivity index (χ1) is 3.27. The molecule has 0 rings (SSSR count). The van der Waals surface area contributed by atoms with Crippen LogP contribution in [0.5, 0.6) is 0 Å². The molecule has 1 radical (unpaired) electrons. The normalized spacial score (nSPS) is 10.3. The third-order valence-corrected chi connectivity index (χ3v) is 0.875. The molecule has 0 aliphatic rings. The molecule has 0 aromatic heterocycles. The highest BCUT2D eigenvalue weighted by Gasteiger charge is 1.88. The number of nitrogens with one attached hydrogen (secondary N) is 1. The van der Waals surface area contributed by atoms with E-state index in [1.807, 2.05) is 7.05 Å². The van der Waals surface area contributed by atoms with Crippen LogP contribution in [0, 0.1) is 5.92 Å². The average molecular weight is 100 g/mol. The first-order valence-corrected chi connectivity index (χ1v) is 2.71. The minimum atomic E-state index is 1.11. The van der Waals surface area contributed by atoms with Crippen LogP contribution in [0.1, 0.15) is 20.3 Å². The van der Waals surface area contributed by atoms with E-state index in [1.54, 1.807) is 0 Å². The Morgan fingerprint density at radius 3 is 2.14 bits per heavy atom. The van der Waals surface area contributed by atoms with E-state index >= 15 is 0 Å². The van der Waals surface area contributed by atoms with Crippen LogP contribution in [0.15, 0.2) is 0 Å². The molecule has 0 saturated heterocycles. The second-order valence-electron chi connectivity index (χ2n) is 2.06. The van der Waals surface area contributed by atoms with Gasteiger partial charge < -0.3 is 5.32 Å². The fourth-order valence-corrected chi connectivity index (χ4v) is 0.375. The Kier molecular flexibility index (Phi) is 4.10. The summed E-state index contributed by atoms with van der Waals surface area (Å²) in [7, 11) is 1.98. The quantitative estimate of drug-likeness (QED) is 0.562. The van der Waals surface area contributed by atoms with Gasteiger partial charge in [0.05, 0.1) is 0 Å². The van der Waals surface area contributed by atoms with E-state index < -0.39 is 0 Å². The van der Waals surface area contributed by atoms with Crippen LogP contribution in [0.3, 0.4) is 0 Å². The third-order valence-electron chi connectivity index (χ3n) is 0.875. The Morgan fingerprint density at radius 1 is 1.43 bits per heavy atom. The fourth-order valence-electron chi connectivity index (χ4n) is 0.375. The zero-order chi connectivity index (χ0) is 5.70. The first-order valence-electron chi connectivity index (χ1n) is 2.71. The van der Waals surface area contributed by atoms with Gasteiger partial charge in [-0.25, -0.2) is 0 Å². The average Bonchev–Trinajstić information content (AvgIpc) is 1.61. The van der Waals surface area contributed by atoms with Crippen LogP contribution >= 0.6 is 0 Å². The molecule has 0 bridgehead atoms. The van der Waals surface area contributed by atoms with Crippen LogP contribution in [-0.2, 0) is 0 Å².